The van der Waals surface area contributed by atoms with Crippen LogP contribution < -0.4 is 5.32 Å². The lowest BCUT2D eigenvalue weighted by molar-refractivity contribution is -0.115. The van der Waals surface area contributed by atoms with Gasteiger partial charge in [0.05, 0.1) is 6.42 Å². The molecule has 0 spiro atoms. The molecule has 3 aromatic rings. The van der Waals surface area contributed by atoms with Gasteiger partial charge in [-0.05, 0) is 24.6 Å². The molecule has 0 bridgehead atoms. The average Bonchev–Trinajstić information content (AvgIpc) is 2.96. The molecule has 0 fully saturated rings. The highest BCUT2D eigenvalue weighted by Gasteiger charge is 2.11. The van der Waals surface area contributed by atoms with E-state index in [4.69, 9.17) is 16.1 Å². The number of aryl methyl sites for hydroxylation is 1. The smallest absolute Gasteiger partial charge is 0.230 e. The minimum Gasteiger partial charge on any atom is -0.361 e. The van der Waals surface area contributed by atoms with E-state index in [1.54, 1.807) is 19.1 Å². The summed E-state index contributed by atoms with van der Waals surface area (Å²) in [5, 5.41) is 8.07. The molecule has 0 atom stereocenters. The summed E-state index contributed by atoms with van der Waals surface area (Å²) >= 11 is 5.93. The van der Waals surface area contributed by atoms with Crippen molar-refractivity contribution in [2.45, 2.75) is 13.3 Å². The van der Waals surface area contributed by atoms with E-state index in [-0.39, 0.29) is 12.3 Å². The summed E-state index contributed by atoms with van der Waals surface area (Å²) in [7, 11) is 0. The molecule has 0 aliphatic heterocycles. The number of hydrogen-bond acceptors (Lipinski definition) is 3. The number of anilines is 1. The van der Waals surface area contributed by atoms with E-state index in [1.807, 2.05) is 18.3 Å². The number of nitrogens with one attached hydrogen (secondary N) is 2. The maximum absolute atomic E-state index is 12.0. The Morgan fingerprint density at radius 3 is 3.05 bits per heavy atom. The van der Waals surface area contributed by atoms with Crippen molar-refractivity contribution in [3.63, 3.8) is 0 Å². The predicted octanol–water partition coefficient (Wildman–Crippen LogP) is 3.30. The fourth-order valence-corrected chi connectivity index (χ4v) is 2.26. The van der Waals surface area contributed by atoms with Gasteiger partial charge in [-0.2, -0.15) is 0 Å². The largest absolute Gasteiger partial charge is 0.361 e. The molecule has 0 radical (unpaired) electrons. The number of hydrogen-bond donors (Lipinski definition) is 2. The van der Waals surface area contributed by atoms with Gasteiger partial charge in [-0.15, -0.1) is 0 Å². The van der Waals surface area contributed by atoms with E-state index in [0.29, 0.717) is 16.6 Å². The van der Waals surface area contributed by atoms with Crippen LogP contribution in [0.1, 0.15) is 11.3 Å². The molecule has 0 saturated carbocycles. The van der Waals surface area contributed by atoms with Crippen molar-refractivity contribution < 1.29 is 9.32 Å². The van der Waals surface area contributed by atoms with E-state index < -0.39 is 0 Å². The van der Waals surface area contributed by atoms with Crippen molar-refractivity contribution in [1.29, 1.82) is 0 Å². The molecule has 3 rings (SSSR count). The quantitative estimate of drug-likeness (QED) is 0.777. The Morgan fingerprint density at radius 1 is 1.45 bits per heavy atom. The van der Waals surface area contributed by atoms with Crippen LogP contribution in [0.15, 0.2) is 35.0 Å². The minimum atomic E-state index is -0.144. The van der Waals surface area contributed by atoms with E-state index >= 15 is 0 Å². The van der Waals surface area contributed by atoms with Crippen molar-refractivity contribution in [2.75, 3.05) is 5.32 Å². The molecular formula is C14H12ClN3O2. The molecule has 1 amide bonds. The normalized spacial score (nSPS) is 10.9. The molecule has 5 nitrogen and oxygen atoms in total. The Balaban J connectivity index is 1.77. The van der Waals surface area contributed by atoms with E-state index in [0.717, 1.165) is 16.5 Å². The van der Waals surface area contributed by atoms with Crippen LogP contribution in [0.4, 0.5) is 5.82 Å². The first-order valence-corrected chi connectivity index (χ1v) is 6.48. The van der Waals surface area contributed by atoms with Crippen LogP contribution in [-0.2, 0) is 11.2 Å². The van der Waals surface area contributed by atoms with Gasteiger partial charge in [0, 0.05) is 28.2 Å². The molecule has 20 heavy (non-hydrogen) atoms. The zero-order valence-corrected chi connectivity index (χ0v) is 11.5. The number of fused-ring (bicyclic) bond motifs is 1. The lowest BCUT2D eigenvalue weighted by Crippen LogP contribution is -2.14. The molecule has 2 heterocycles. The SMILES string of the molecule is Cc1cc(NC(=O)Cc2c[nH]c3cc(Cl)ccc23)no1. The summed E-state index contributed by atoms with van der Waals surface area (Å²) in [5.74, 6) is 0.937. The van der Waals surface area contributed by atoms with Crippen LogP contribution in [-0.4, -0.2) is 16.0 Å². The molecule has 0 unspecified atom stereocenters. The van der Waals surface area contributed by atoms with Crippen LogP contribution in [0.25, 0.3) is 10.9 Å². The number of halogens is 1. The second-order valence-corrected chi connectivity index (χ2v) is 4.99. The number of amides is 1. The third kappa shape index (κ3) is 2.53. The number of rotatable bonds is 3. The third-order valence-electron chi connectivity index (χ3n) is 2.98. The summed E-state index contributed by atoms with van der Waals surface area (Å²) in [6.45, 7) is 1.77. The summed E-state index contributed by atoms with van der Waals surface area (Å²) < 4.78 is 4.90. The number of benzene rings is 1. The van der Waals surface area contributed by atoms with E-state index in [9.17, 15) is 4.79 Å². The maximum Gasteiger partial charge on any atom is 0.230 e. The van der Waals surface area contributed by atoms with Crippen LogP contribution in [0.5, 0.6) is 0 Å². The van der Waals surface area contributed by atoms with Gasteiger partial charge in [0.15, 0.2) is 5.82 Å². The lowest BCUT2D eigenvalue weighted by atomic mass is 10.1. The summed E-state index contributed by atoms with van der Waals surface area (Å²) in [6.07, 6.45) is 2.07. The number of H-pyrrole nitrogens is 1. The van der Waals surface area contributed by atoms with Crippen molar-refractivity contribution in [3.05, 3.63) is 46.8 Å². The van der Waals surface area contributed by atoms with Crippen LogP contribution >= 0.6 is 11.6 Å². The summed E-state index contributed by atoms with van der Waals surface area (Å²) in [4.78, 5) is 15.1. The fourth-order valence-electron chi connectivity index (χ4n) is 2.09. The zero-order chi connectivity index (χ0) is 14.1. The maximum atomic E-state index is 12.0. The van der Waals surface area contributed by atoms with Crippen molar-refractivity contribution in [2.24, 2.45) is 0 Å². The van der Waals surface area contributed by atoms with Crippen molar-refractivity contribution in [1.82, 2.24) is 10.1 Å². The second kappa shape index (κ2) is 5.02. The molecule has 0 aliphatic carbocycles. The highest BCUT2D eigenvalue weighted by molar-refractivity contribution is 6.31. The Morgan fingerprint density at radius 2 is 2.30 bits per heavy atom. The summed E-state index contributed by atoms with van der Waals surface area (Å²) in [6, 6.07) is 7.21. The van der Waals surface area contributed by atoms with Crippen LogP contribution in [0.3, 0.4) is 0 Å². The lowest BCUT2D eigenvalue weighted by Gasteiger charge is -2.00. The fraction of sp³-hybridized carbons (Fsp3) is 0.143. The van der Waals surface area contributed by atoms with Gasteiger partial charge < -0.3 is 14.8 Å². The second-order valence-electron chi connectivity index (χ2n) is 4.55. The molecule has 0 aliphatic rings. The monoisotopic (exact) mass is 289 g/mol. The zero-order valence-electron chi connectivity index (χ0n) is 10.7. The Labute approximate surface area is 119 Å². The van der Waals surface area contributed by atoms with Gasteiger partial charge in [-0.25, -0.2) is 0 Å². The van der Waals surface area contributed by atoms with Crippen LogP contribution in [0.2, 0.25) is 5.02 Å². The highest BCUT2D eigenvalue weighted by Crippen LogP contribution is 2.22. The first-order valence-electron chi connectivity index (χ1n) is 6.10. The Kier molecular flexibility index (Phi) is 3.20. The number of aromatic nitrogens is 2. The average molecular weight is 290 g/mol. The number of nitrogens with zero attached hydrogens (tertiary/aromatic N) is 1. The molecule has 102 valence electrons. The highest BCUT2D eigenvalue weighted by atomic mass is 35.5. The topological polar surface area (TPSA) is 70.9 Å². The summed E-state index contributed by atoms with van der Waals surface area (Å²) in [5.41, 5.74) is 1.83. The van der Waals surface area contributed by atoms with Gasteiger partial charge in [0.1, 0.15) is 5.76 Å². The number of carbonyl (C=O) groups excluding carboxylic acids is 1. The molecule has 2 N–H and O–H groups in total. The van der Waals surface area contributed by atoms with Gasteiger partial charge in [-0.3, -0.25) is 4.79 Å². The first kappa shape index (κ1) is 12.7. The first-order chi connectivity index (χ1) is 9.61. The molecule has 1 aromatic carbocycles. The Bertz CT molecular complexity index is 776. The third-order valence-corrected chi connectivity index (χ3v) is 3.21. The Hall–Kier alpha value is -2.27. The van der Waals surface area contributed by atoms with E-state index in [1.165, 1.54) is 0 Å². The standard InChI is InChI=1S/C14H12ClN3O2/c1-8-4-13(18-20-8)17-14(19)5-9-7-16-12-6-10(15)2-3-11(9)12/h2-4,6-7,16H,5H2,1H3,(H,17,18,19). The van der Waals surface area contributed by atoms with Crippen molar-refractivity contribution in [3.8, 4) is 0 Å². The molecule has 6 heteroatoms. The minimum absolute atomic E-state index is 0.144. The molecule has 0 saturated heterocycles. The van der Waals surface area contributed by atoms with Gasteiger partial charge >= 0.3 is 0 Å². The predicted molar refractivity (Wildman–Crippen MR) is 76.9 cm³/mol. The number of carbonyl (C=O) groups is 1. The van der Waals surface area contributed by atoms with Gasteiger partial charge in [0.2, 0.25) is 5.91 Å². The molecule has 2 aromatic heterocycles. The number of aromatic amines is 1. The van der Waals surface area contributed by atoms with Crippen LogP contribution in [0, 0.1) is 6.92 Å². The molecular weight excluding hydrogens is 278 g/mol. The van der Waals surface area contributed by atoms with Gasteiger partial charge in [0.25, 0.3) is 0 Å². The van der Waals surface area contributed by atoms with Crippen molar-refractivity contribution >= 4 is 34.2 Å². The van der Waals surface area contributed by atoms with E-state index in [2.05, 4.69) is 15.5 Å². The van der Waals surface area contributed by atoms with Gasteiger partial charge in [-0.1, -0.05) is 22.8 Å².